The van der Waals surface area contributed by atoms with Gasteiger partial charge < -0.3 is 20.5 Å². The topological polar surface area (TPSA) is 70.6 Å². The number of aliphatic hydroxyl groups is 1. The van der Waals surface area contributed by atoms with E-state index < -0.39 is 6.10 Å². The number of anilines is 1. The number of ether oxygens (including phenoxy) is 1. The maximum Gasteiger partial charge on any atom is 0.319 e. The molecule has 0 bridgehead atoms. The van der Waals surface area contributed by atoms with Crippen LogP contribution in [0.15, 0.2) is 18.2 Å². The largest absolute Gasteiger partial charge is 0.391 e. The average Bonchev–Trinajstić information content (AvgIpc) is 2.45. The van der Waals surface area contributed by atoms with Gasteiger partial charge in [0.2, 0.25) is 0 Å². The number of amides is 2. The summed E-state index contributed by atoms with van der Waals surface area (Å²) < 4.78 is 5.61. The molecule has 1 atom stereocenters. The van der Waals surface area contributed by atoms with Gasteiger partial charge in [-0.05, 0) is 43.9 Å². The molecule has 2 amide bonds. The van der Waals surface area contributed by atoms with E-state index in [9.17, 15) is 9.90 Å². The highest BCUT2D eigenvalue weighted by Gasteiger charge is 2.12. The Morgan fingerprint density at radius 3 is 2.55 bits per heavy atom. The van der Waals surface area contributed by atoms with Crippen molar-refractivity contribution in [2.24, 2.45) is 5.92 Å². The molecule has 0 radical (unpaired) electrons. The van der Waals surface area contributed by atoms with Gasteiger partial charge in [0.25, 0.3) is 0 Å². The van der Waals surface area contributed by atoms with Crippen molar-refractivity contribution in [3.05, 3.63) is 29.3 Å². The third-order valence-corrected chi connectivity index (χ3v) is 3.51. The van der Waals surface area contributed by atoms with E-state index >= 15 is 0 Å². The molecule has 124 valence electrons. The monoisotopic (exact) mass is 308 g/mol. The van der Waals surface area contributed by atoms with Crippen LogP contribution in [0.25, 0.3) is 0 Å². The first-order chi connectivity index (χ1) is 10.3. The number of carbonyl (C=O) groups excluding carboxylic acids is 1. The van der Waals surface area contributed by atoms with E-state index in [-0.39, 0.29) is 24.6 Å². The van der Waals surface area contributed by atoms with E-state index in [1.165, 1.54) is 0 Å². The summed E-state index contributed by atoms with van der Waals surface area (Å²) in [4.78, 5) is 11.9. The first-order valence-corrected chi connectivity index (χ1v) is 7.74. The van der Waals surface area contributed by atoms with Crippen LogP contribution in [0.2, 0.25) is 0 Å². The number of hydrogen-bond donors (Lipinski definition) is 3. The Morgan fingerprint density at radius 2 is 1.95 bits per heavy atom. The average molecular weight is 308 g/mol. The maximum absolute atomic E-state index is 11.9. The van der Waals surface area contributed by atoms with E-state index in [4.69, 9.17) is 4.74 Å². The smallest absolute Gasteiger partial charge is 0.319 e. The lowest BCUT2D eigenvalue weighted by Crippen LogP contribution is -2.37. The van der Waals surface area contributed by atoms with Gasteiger partial charge in [0.1, 0.15) is 0 Å². The first-order valence-electron chi connectivity index (χ1n) is 7.74. The second kappa shape index (κ2) is 8.76. The summed E-state index contributed by atoms with van der Waals surface area (Å²) in [6, 6.07) is 5.42. The van der Waals surface area contributed by atoms with Crippen molar-refractivity contribution in [3.63, 3.8) is 0 Å². The maximum atomic E-state index is 11.9. The van der Waals surface area contributed by atoms with Gasteiger partial charge in [-0.2, -0.15) is 0 Å². The Kier molecular flexibility index (Phi) is 7.35. The number of hydrogen-bond acceptors (Lipinski definition) is 3. The highest BCUT2D eigenvalue weighted by Crippen LogP contribution is 2.20. The predicted octanol–water partition coefficient (Wildman–Crippen LogP) is 3.06. The van der Waals surface area contributed by atoms with Crippen LogP contribution in [0, 0.1) is 12.8 Å². The normalized spacial score (nSPS) is 12.5. The summed E-state index contributed by atoms with van der Waals surface area (Å²) in [5.41, 5.74) is 2.79. The second-order valence-corrected chi connectivity index (χ2v) is 6.10. The van der Waals surface area contributed by atoms with E-state index in [0.29, 0.717) is 6.61 Å². The Labute approximate surface area is 133 Å². The van der Waals surface area contributed by atoms with Crippen LogP contribution >= 0.6 is 0 Å². The Morgan fingerprint density at radius 1 is 1.27 bits per heavy atom. The van der Waals surface area contributed by atoms with E-state index in [1.807, 2.05) is 52.8 Å². The summed E-state index contributed by atoms with van der Waals surface area (Å²) in [5, 5.41) is 15.2. The second-order valence-electron chi connectivity index (χ2n) is 6.10. The summed E-state index contributed by atoms with van der Waals surface area (Å²) in [5.74, 6) is 0.110. The summed E-state index contributed by atoms with van der Waals surface area (Å²) in [7, 11) is 0. The Balaban J connectivity index is 2.61. The zero-order valence-electron chi connectivity index (χ0n) is 14.1. The van der Waals surface area contributed by atoms with Crippen LogP contribution in [-0.4, -0.2) is 29.9 Å². The van der Waals surface area contributed by atoms with Gasteiger partial charge in [-0.3, -0.25) is 0 Å². The summed E-state index contributed by atoms with van der Waals surface area (Å²) in [6.45, 7) is 10.5. The number of urea groups is 1. The van der Waals surface area contributed by atoms with Crippen LogP contribution < -0.4 is 10.6 Å². The van der Waals surface area contributed by atoms with Crippen LogP contribution in [0.1, 0.15) is 38.8 Å². The third-order valence-electron chi connectivity index (χ3n) is 3.51. The zero-order valence-corrected chi connectivity index (χ0v) is 14.1. The van der Waals surface area contributed by atoms with Crippen LogP contribution in [0.3, 0.4) is 0 Å². The molecule has 0 aliphatic rings. The molecule has 0 saturated carbocycles. The Hall–Kier alpha value is -1.59. The molecule has 22 heavy (non-hydrogen) atoms. The van der Waals surface area contributed by atoms with Crippen LogP contribution in [0.5, 0.6) is 0 Å². The number of nitrogens with one attached hydrogen (secondary N) is 2. The fourth-order valence-electron chi connectivity index (χ4n) is 1.83. The van der Waals surface area contributed by atoms with Gasteiger partial charge in [0.15, 0.2) is 0 Å². The van der Waals surface area contributed by atoms with Gasteiger partial charge in [-0.15, -0.1) is 0 Å². The standard InChI is InChI=1S/C17H28N2O3/c1-11(2)16(20)9-18-17(21)19-15-8-6-7-14(13(15)5)10-22-12(3)4/h6-8,11-12,16,20H,9-10H2,1-5H3,(H2,18,19,21). The molecule has 1 rings (SSSR count). The lowest BCUT2D eigenvalue weighted by Gasteiger charge is -2.17. The van der Waals surface area contributed by atoms with Crippen molar-refractivity contribution >= 4 is 11.7 Å². The zero-order chi connectivity index (χ0) is 16.7. The minimum atomic E-state index is -0.544. The van der Waals surface area contributed by atoms with Gasteiger partial charge in [-0.1, -0.05) is 26.0 Å². The number of aliphatic hydroxyl groups excluding tert-OH is 1. The summed E-state index contributed by atoms with van der Waals surface area (Å²) >= 11 is 0. The van der Waals surface area contributed by atoms with E-state index in [1.54, 1.807) is 0 Å². The molecule has 5 heteroatoms. The van der Waals surface area contributed by atoms with Gasteiger partial charge in [0.05, 0.1) is 18.8 Å². The summed E-state index contributed by atoms with van der Waals surface area (Å²) in [6.07, 6.45) is -0.380. The van der Waals surface area contributed by atoms with Crippen molar-refractivity contribution in [2.75, 3.05) is 11.9 Å². The van der Waals surface area contributed by atoms with Crippen molar-refractivity contribution in [2.45, 2.75) is 53.4 Å². The van der Waals surface area contributed by atoms with Gasteiger partial charge in [0, 0.05) is 12.2 Å². The Bertz CT molecular complexity index is 487. The third kappa shape index (κ3) is 6.03. The fourth-order valence-corrected chi connectivity index (χ4v) is 1.83. The molecule has 1 aromatic carbocycles. The molecule has 1 unspecified atom stereocenters. The number of rotatable bonds is 7. The number of benzene rings is 1. The molecule has 0 heterocycles. The SMILES string of the molecule is Cc1c(COC(C)C)cccc1NC(=O)NCC(O)C(C)C. The lowest BCUT2D eigenvalue weighted by molar-refractivity contribution is 0.0654. The lowest BCUT2D eigenvalue weighted by atomic mass is 10.1. The molecule has 0 saturated heterocycles. The molecule has 0 aromatic heterocycles. The molecule has 3 N–H and O–H groups in total. The van der Waals surface area contributed by atoms with Crippen molar-refractivity contribution in [1.82, 2.24) is 5.32 Å². The number of carbonyl (C=O) groups is 1. The predicted molar refractivity (Wildman–Crippen MR) is 89.0 cm³/mol. The van der Waals surface area contributed by atoms with E-state index in [0.717, 1.165) is 16.8 Å². The molecule has 1 aromatic rings. The van der Waals surface area contributed by atoms with Gasteiger partial charge >= 0.3 is 6.03 Å². The minimum absolute atomic E-state index is 0.110. The van der Waals surface area contributed by atoms with Crippen molar-refractivity contribution < 1.29 is 14.6 Å². The molecule has 0 spiro atoms. The quantitative estimate of drug-likeness (QED) is 0.725. The molecule has 0 aliphatic carbocycles. The molecule has 0 fully saturated rings. The fraction of sp³-hybridized carbons (Fsp3) is 0.588. The molecular weight excluding hydrogens is 280 g/mol. The van der Waals surface area contributed by atoms with Crippen molar-refractivity contribution in [1.29, 1.82) is 0 Å². The highest BCUT2D eigenvalue weighted by molar-refractivity contribution is 5.90. The molecule has 5 nitrogen and oxygen atoms in total. The van der Waals surface area contributed by atoms with Crippen molar-refractivity contribution in [3.8, 4) is 0 Å². The minimum Gasteiger partial charge on any atom is -0.391 e. The van der Waals surface area contributed by atoms with Gasteiger partial charge in [-0.25, -0.2) is 4.79 Å². The first kappa shape index (κ1) is 18.5. The molecular formula is C17H28N2O3. The highest BCUT2D eigenvalue weighted by atomic mass is 16.5. The van der Waals surface area contributed by atoms with Crippen LogP contribution in [-0.2, 0) is 11.3 Å². The molecule has 0 aliphatic heterocycles. The van der Waals surface area contributed by atoms with E-state index in [2.05, 4.69) is 10.6 Å². The van der Waals surface area contributed by atoms with Crippen LogP contribution in [0.4, 0.5) is 10.5 Å².